The van der Waals surface area contributed by atoms with Gasteiger partial charge < -0.3 is 25.4 Å². The molecule has 0 aromatic heterocycles. The van der Waals surface area contributed by atoms with Crippen molar-refractivity contribution in [2.24, 2.45) is 0 Å². The number of anilines is 1. The van der Waals surface area contributed by atoms with E-state index in [0.29, 0.717) is 37.6 Å². The van der Waals surface area contributed by atoms with E-state index in [2.05, 4.69) is 10.6 Å². The average molecular weight is 575 g/mol. The van der Waals surface area contributed by atoms with Crippen LogP contribution in [0.5, 0.6) is 0 Å². The van der Waals surface area contributed by atoms with Crippen molar-refractivity contribution in [3.8, 4) is 0 Å². The van der Waals surface area contributed by atoms with Crippen molar-refractivity contribution in [1.82, 2.24) is 15.1 Å². The molecule has 3 aliphatic rings. The maximum Gasteiger partial charge on any atom is 0.279 e. The van der Waals surface area contributed by atoms with Crippen LogP contribution in [0.3, 0.4) is 0 Å². The molecule has 1 atom stereocenters. The van der Waals surface area contributed by atoms with Crippen LogP contribution in [0.4, 0.5) is 10.1 Å². The summed E-state index contributed by atoms with van der Waals surface area (Å²) in [4.78, 5) is 39.3. The Kier molecular flexibility index (Phi) is 10.6. The van der Waals surface area contributed by atoms with E-state index in [1.54, 1.807) is 18.2 Å². The lowest BCUT2D eigenvalue weighted by Crippen LogP contribution is -2.63. The lowest BCUT2D eigenvalue weighted by molar-refractivity contribution is -0.287. The number of halogens is 1. The van der Waals surface area contributed by atoms with Crippen LogP contribution in [0, 0.1) is 5.82 Å². The lowest BCUT2D eigenvalue weighted by atomic mass is 10.00. The van der Waals surface area contributed by atoms with Crippen molar-refractivity contribution in [3.63, 3.8) is 0 Å². The highest BCUT2D eigenvalue weighted by molar-refractivity contribution is 6.07. The number of hydrogen-bond acceptors (Lipinski definition) is 9. The Morgan fingerprint density at radius 1 is 1.07 bits per heavy atom. The number of ether oxygens (including phenoxy) is 1. The average Bonchev–Trinajstić information content (AvgIpc) is 3.34. The van der Waals surface area contributed by atoms with Gasteiger partial charge in [0.1, 0.15) is 5.82 Å². The number of nitrogens with zero attached hydrogens (tertiary/aromatic N) is 2. The van der Waals surface area contributed by atoms with Gasteiger partial charge in [0.05, 0.1) is 19.8 Å². The normalized spacial score (nSPS) is 20.8. The van der Waals surface area contributed by atoms with Crippen LogP contribution in [-0.4, -0.2) is 74.9 Å². The van der Waals surface area contributed by atoms with Crippen molar-refractivity contribution in [2.45, 2.75) is 65.3 Å². The van der Waals surface area contributed by atoms with E-state index in [1.165, 1.54) is 17.0 Å². The molecule has 0 bridgehead atoms. The van der Waals surface area contributed by atoms with Gasteiger partial charge >= 0.3 is 0 Å². The molecule has 1 unspecified atom stereocenters. The first-order valence-corrected chi connectivity index (χ1v) is 13.9. The SMILES string of the molecule is CC.CC.O=C1CCC(O)(N2Cc3c(NCc4ccc(C(O)(O)N5CCOCC5)cc4F)cccc3C2=O)C(=O)N1. The van der Waals surface area contributed by atoms with E-state index >= 15 is 0 Å². The number of imide groups is 1. The first-order chi connectivity index (χ1) is 19.6. The fourth-order valence-electron chi connectivity index (χ4n) is 4.89. The van der Waals surface area contributed by atoms with Gasteiger partial charge in [-0.3, -0.25) is 24.6 Å². The van der Waals surface area contributed by atoms with Gasteiger partial charge in [-0.2, -0.15) is 0 Å². The summed E-state index contributed by atoms with van der Waals surface area (Å²) in [5.41, 5.74) is -0.571. The molecule has 0 saturated carbocycles. The molecule has 5 rings (SSSR count). The molecule has 0 aliphatic carbocycles. The molecule has 11 nitrogen and oxygen atoms in total. The van der Waals surface area contributed by atoms with Crippen molar-refractivity contribution in [3.05, 3.63) is 64.5 Å². The van der Waals surface area contributed by atoms with Gasteiger partial charge in [0.25, 0.3) is 17.7 Å². The van der Waals surface area contributed by atoms with Gasteiger partial charge in [0.2, 0.25) is 11.6 Å². The Labute approximate surface area is 238 Å². The molecule has 0 radical (unpaired) electrons. The minimum Gasteiger partial charge on any atom is -0.381 e. The Balaban J connectivity index is 0.00000111. The smallest absolute Gasteiger partial charge is 0.279 e. The highest BCUT2D eigenvalue weighted by Crippen LogP contribution is 2.36. The van der Waals surface area contributed by atoms with Gasteiger partial charge in [-0.1, -0.05) is 45.9 Å². The quantitative estimate of drug-likeness (QED) is 0.258. The van der Waals surface area contributed by atoms with Crippen LogP contribution in [0.2, 0.25) is 0 Å². The summed E-state index contributed by atoms with van der Waals surface area (Å²) in [5.74, 6) is -4.99. The summed E-state index contributed by atoms with van der Waals surface area (Å²) in [6.07, 6.45) is -0.309. The van der Waals surface area contributed by atoms with Gasteiger partial charge in [0.15, 0.2) is 0 Å². The predicted molar refractivity (Wildman–Crippen MR) is 149 cm³/mol. The summed E-state index contributed by atoms with van der Waals surface area (Å²) >= 11 is 0. The van der Waals surface area contributed by atoms with Gasteiger partial charge in [0, 0.05) is 60.4 Å². The van der Waals surface area contributed by atoms with Crippen LogP contribution >= 0.6 is 0 Å². The number of piperidine rings is 1. The minimum absolute atomic E-state index is 0.00465. The number of fused-ring (bicyclic) bond motifs is 1. The number of hydrogen-bond donors (Lipinski definition) is 5. The van der Waals surface area contributed by atoms with Crippen LogP contribution in [-0.2, 0) is 33.3 Å². The summed E-state index contributed by atoms with van der Waals surface area (Å²) in [6, 6.07) is 8.86. The number of benzene rings is 2. The first-order valence-electron chi connectivity index (χ1n) is 13.9. The van der Waals surface area contributed by atoms with Crippen LogP contribution in [0.1, 0.15) is 67.6 Å². The largest absolute Gasteiger partial charge is 0.381 e. The van der Waals surface area contributed by atoms with Crippen molar-refractivity contribution < 1.29 is 38.8 Å². The second kappa shape index (κ2) is 13.5. The van der Waals surface area contributed by atoms with Gasteiger partial charge in [-0.25, -0.2) is 9.29 Å². The van der Waals surface area contributed by atoms with Gasteiger partial charge in [-0.05, 0) is 18.2 Å². The summed E-state index contributed by atoms with van der Waals surface area (Å²) in [5, 5.41) is 37.3. The topological polar surface area (TPSA) is 152 Å². The molecule has 12 heteroatoms. The number of morpholine rings is 1. The van der Waals surface area contributed by atoms with Crippen LogP contribution < -0.4 is 10.6 Å². The van der Waals surface area contributed by atoms with Crippen molar-refractivity contribution in [2.75, 3.05) is 31.6 Å². The molecule has 0 spiro atoms. The van der Waals surface area contributed by atoms with Crippen LogP contribution in [0.25, 0.3) is 0 Å². The zero-order valence-electron chi connectivity index (χ0n) is 23.9. The molecule has 5 N–H and O–H groups in total. The summed E-state index contributed by atoms with van der Waals surface area (Å²) in [6.45, 7) is 9.22. The number of aliphatic hydroxyl groups is 3. The lowest BCUT2D eigenvalue weighted by Gasteiger charge is -2.37. The molecular weight excluding hydrogens is 535 g/mol. The third-order valence-electron chi connectivity index (χ3n) is 7.09. The maximum absolute atomic E-state index is 14.9. The Bertz CT molecular complexity index is 1270. The minimum atomic E-state index is -2.34. The number of nitrogens with one attached hydrogen (secondary N) is 2. The molecule has 3 heterocycles. The fraction of sp³-hybridized carbons (Fsp3) is 0.483. The Morgan fingerprint density at radius 3 is 2.39 bits per heavy atom. The Morgan fingerprint density at radius 2 is 1.76 bits per heavy atom. The van der Waals surface area contributed by atoms with Crippen molar-refractivity contribution in [1.29, 1.82) is 0 Å². The monoisotopic (exact) mass is 574 g/mol. The van der Waals surface area contributed by atoms with E-state index in [4.69, 9.17) is 4.74 Å². The molecule has 224 valence electrons. The van der Waals surface area contributed by atoms with E-state index in [9.17, 15) is 34.1 Å². The number of amides is 3. The molecule has 2 fully saturated rings. The molecular formula is C29H39FN4O7. The molecule has 2 aromatic rings. The first kappa shape index (κ1) is 32.1. The van der Waals surface area contributed by atoms with Crippen LogP contribution in [0.15, 0.2) is 36.4 Å². The predicted octanol–water partition coefficient (Wildman–Crippen LogP) is 2.00. The molecule has 2 saturated heterocycles. The fourth-order valence-corrected chi connectivity index (χ4v) is 4.89. The van der Waals surface area contributed by atoms with Crippen molar-refractivity contribution >= 4 is 23.4 Å². The van der Waals surface area contributed by atoms with Gasteiger partial charge in [-0.15, -0.1) is 0 Å². The third-order valence-corrected chi connectivity index (χ3v) is 7.09. The number of carbonyl (C=O) groups is 3. The molecule has 41 heavy (non-hydrogen) atoms. The highest BCUT2D eigenvalue weighted by atomic mass is 19.1. The van der Waals surface area contributed by atoms with E-state index in [0.717, 1.165) is 11.0 Å². The second-order valence-electron chi connectivity index (χ2n) is 9.31. The standard InChI is InChI=1S/C25H27FN4O7.2C2H6/c26-19-12-16(25(35,36)29-8-10-37-11-9-29)5-4-15(19)13-27-20-3-1-2-17-18(20)14-30(22(17)32)24(34)7-6-21(31)28-23(24)33;2*1-2/h1-5,12,27,34-36H,6-11,13-14H2,(H,28,31,33);2*1-2H3. The molecule has 3 aliphatic heterocycles. The Hall–Kier alpha value is -3.42. The van der Waals surface area contributed by atoms with E-state index in [-0.39, 0.29) is 42.6 Å². The summed E-state index contributed by atoms with van der Waals surface area (Å²) in [7, 11) is 0. The zero-order valence-corrected chi connectivity index (χ0v) is 23.9. The molecule has 2 aromatic carbocycles. The maximum atomic E-state index is 14.9. The highest BCUT2D eigenvalue weighted by Gasteiger charge is 2.51. The number of carbonyl (C=O) groups excluding carboxylic acids is 3. The van der Waals surface area contributed by atoms with E-state index < -0.39 is 35.2 Å². The number of rotatable bonds is 6. The third kappa shape index (κ3) is 6.41. The van der Waals surface area contributed by atoms with E-state index in [1.807, 2.05) is 27.7 Å². The summed E-state index contributed by atoms with van der Waals surface area (Å²) < 4.78 is 20.2. The zero-order chi connectivity index (χ0) is 30.4. The molecule has 3 amide bonds. The second-order valence-corrected chi connectivity index (χ2v) is 9.31.